The molecule has 3 rings (SSSR count). The summed E-state index contributed by atoms with van der Waals surface area (Å²) in [5.74, 6) is -1.02. The van der Waals surface area contributed by atoms with Crippen molar-refractivity contribution in [2.24, 2.45) is 0 Å². The summed E-state index contributed by atoms with van der Waals surface area (Å²) < 4.78 is 83.5. The number of halogens is 4. The number of pyridine rings is 1. The lowest BCUT2D eigenvalue weighted by atomic mass is 10.0. The molecule has 0 saturated carbocycles. The first-order chi connectivity index (χ1) is 14.4. The van der Waals surface area contributed by atoms with Crippen molar-refractivity contribution in [1.29, 1.82) is 5.26 Å². The number of β-amino-alcohol motifs (C(OH)–C–C–N with tert-alkyl or cyclic N) is 1. The molecule has 8 nitrogen and oxygen atoms in total. The predicted octanol–water partition coefficient (Wildman–Crippen LogP) is 1.29. The van der Waals surface area contributed by atoms with Crippen LogP contribution in [0.15, 0.2) is 41.6 Å². The fraction of sp³-hybridized carbons (Fsp3) is 0.333. The highest BCUT2D eigenvalue weighted by molar-refractivity contribution is 7.89. The van der Waals surface area contributed by atoms with Crippen LogP contribution in [-0.4, -0.2) is 59.3 Å². The molecule has 1 aromatic carbocycles. The quantitative estimate of drug-likeness (QED) is 0.643. The van der Waals surface area contributed by atoms with Gasteiger partial charge in [-0.05, 0) is 24.3 Å². The average Bonchev–Trinajstić information content (AvgIpc) is 3.05. The number of aliphatic hydroxyl groups excluding tert-OH is 1. The first kappa shape index (κ1) is 22.9. The molecule has 1 unspecified atom stereocenters. The van der Waals surface area contributed by atoms with Crippen molar-refractivity contribution < 1.29 is 40.9 Å². The van der Waals surface area contributed by atoms with Gasteiger partial charge in [-0.15, -0.1) is 0 Å². The molecular formula is C18H15F4N3O5S. The normalized spacial score (nSPS) is 22.3. The number of aromatic nitrogens is 1. The maximum atomic E-state index is 13.8. The van der Waals surface area contributed by atoms with Crippen molar-refractivity contribution in [3.8, 4) is 11.8 Å². The van der Waals surface area contributed by atoms with Crippen LogP contribution in [-0.2, 0) is 16.2 Å². The lowest BCUT2D eigenvalue weighted by Crippen LogP contribution is -2.48. The summed E-state index contributed by atoms with van der Waals surface area (Å²) in [7, 11) is -4.44. The van der Waals surface area contributed by atoms with Crippen LogP contribution in [0, 0.1) is 17.1 Å². The Balaban J connectivity index is 1.85. The monoisotopic (exact) mass is 461 g/mol. The second-order valence-corrected chi connectivity index (χ2v) is 8.69. The van der Waals surface area contributed by atoms with Gasteiger partial charge >= 0.3 is 6.18 Å². The van der Waals surface area contributed by atoms with E-state index in [9.17, 15) is 36.2 Å². The maximum Gasteiger partial charge on any atom is 0.417 e. The van der Waals surface area contributed by atoms with Gasteiger partial charge < -0.3 is 14.9 Å². The van der Waals surface area contributed by atoms with Crippen LogP contribution in [0.1, 0.15) is 11.1 Å². The van der Waals surface area contributed by atoms with Gasteiger partial charge in [-0.1, -0.05) is 0 Å². The smallest absolute Gasteiger partial charge is 0.417 e. The maximum absolute atomic E-state index is 13.8. The van der Waals surface area contributed by atoms with E-state index in [0.29, 0.717) is 22.6 Å². The van der Waals surface area contributed by atoms with Crippen LogP contribution < -0.4 is 4.74 Å². The van der Waals surface area contributed by atoms with Crippen molar-refractivity contribution >= 4 is 10.0 Å². The van der Waals surface area contributed by atoms with Crippen molar-refractivity contribution in [2.75, 3.05) is 19.7 Å². The number of sulfonamides is 1. The van der Waals surface area contributed by atoms with Crippen molar-refractivity contribution in [3.05, 3.63) is 53.5 Å². The molecule has 2 heterocycles. The standard InChI is InChI=1S/C18H15F4N3O5S/c19-14-5-13(3-1-11(14)6-23)30-15-8-25(9-17(15,27)10-26)31(28,29)16-4-2-12(7-24-16)18(20,21)22/h1-5,7,15,26-27H,8-10H2/t15?,17-/m1/s1. The number of rotatable bonds is 5. The number of hydrogen-bond acceptors (Lipinski definition) is 7. The van der Waals surface area contributed by atoms with Gasteiger partial charge in [0.15, 0.2) is 5.03 Å². The zero-order chi connectivity index (χ0) is 23.0. The highest BCUT2D eigenvalue weighted by atomic mass is 32.2. The number of benzene rings is 1. The second kappa shape index (κ2) is 8.04. The van der Waals surface area contributed by atoms with Gasteiger partial charge in [-0.25, -0.2) is 17.8 Å². The molecule has 1 aromatic heterocycles. The third kappa shape index (κ3) is 4.47. The molecule has 0 radical (unpaired) electrons. The number of nitrogens with zero attached hydrogens (tertiary/aromatic N) is 3. The zero-order valence-electron chi connectivity index (χ0n) is 15.5. The number of ether oxygens (including phenoxy) is 1. The molecule has 1 saturated heterocycles. The molecule has 166 valence electrons. The molecule has 0 spiro atoms. The molecule has 2 aromatic rings. The van der Waals surface area contributed by atoms with Crippen LogP contribution in [0.3, 0.4) is 0 Å². The first-order valence-corrected chi connectivity index (χ1v) is 10.1. The molecule has 0 aliphatic carbocycles. The molecule has 2 N–H and O–H groups in total. The minimum Gasteiger partial charge on any atom is -0.486 e. The second-order valence-electron chi connectivity index (χ2n) is 6.80. The molecule has 0 amide bonds. The van der Waals surface area contributed by atoms with E-state index in [2.05, 4.69) is 4.98 Å². The summed E-state index contributed by atoms with van der Waals surface area (Å²) in [6, 6.07) is 6.07. The topological polar surface area (TPSA) is 124 Å². The molecule has 1 aliphatic rings. The van der Waals surface area contributed by atoms with Gasteiger partial charge in [0.1, 0.15) is 29.3 Å². The van der Waals surface area contributed by atoms with Gasteiger partial charge in [-0.3, -0.25) is 0 Å². The Bertz CT molecular complexity index is 1120. The first-order valence-electron chi connectivity index (χ1n) is 8.63. The van der Waals surface area contributed by atoms with Crippen molar-refractivity contribution in [2.45, 2.75) is 22.9 Å². The van der Waals surface area contributed by atoms with Crippen LogP contribution in [0.4, 0.5) is 17.6 Å². The fourth-order valence-corrected chi connectivity index (χ4v) is 4.38. The van der Waals surface area contributed by atoms with Crippen molar-refractivity contribution in [1.82, 2.24) is 9.29 Å². The Morgan fingerprint density at radius 2 is 2.03 bits per heavy atom. The number of hydrogen-bond donors (Lipinski definition) is 2. The van der Waals surface area contributed by atoms with Gasteiger partial charge in [0.05, 0.1) is 24.3 Å². The average molecular weight is 461 g/mol. The Labute approximate surface area is 174 Å². The van der Waals surface area contributed by atoms with Crippen molar-refractivity contribution in [3.63, 3.8) is 0 Å². The number of alkyl halides is 3. The summed E-state index contributed by atoms with van der Waals surface area (Å²) in [6.07, 6.45) is -5.67. The molecule has 13 heteroatoms. The minimum absolute atomic E-state index is 0.125. The van der Waals surface area contributed by atoms with E-state index in [0.717, 1.165) is 12.1 Å². The summed E-state index contributed by atoms with van der Waals surface area (Å²) in [4.78, 5) is 3.36. The largest absolute Gasteiger partial charge is 0.486 e. The lowest BCUT2D eigenvalue weighted by Gasteiger charge is -2.27. The summed E-state index contributed by atoms with van der Waals surface area (Å²) >= 11 is 0. The van der Waals surface area contributed by atoms with Crippen LogP contribution >= 0.6 is 0 Å². The molecule has 31 heavy (non-hydrogen) atoms. The highest BCUT2D eigenvalue weighted by Crippen LogP contribution is 2.32. The molecule has 2 atom stereocenters. The van der Waals surface area contributed by atoms with E-state index in [1.54, 1.807) is 6.07 Å². The minimum atomic E-state index is -4.70. The fourth-order valence-electron chi connectivity index (χ4n) is 2.97. The SMILES string of the molecule is N#Cc1ccc(OC2CN(S(=O)(=O)c3ccc(C(F)(F)F)cn3)C[C@@]2(O)CO)cc1F. The van der Waals surface area contributed by atoms with Gasteiger partial charge in [0, 0.05) is 18.8 Å². The Kier molecular flexibility index (Phi) is 5.94. The molecule has 0 bridgehead atoms. The molecule has 1 aliphatic heterocycles. The Morgan fingerprint density at radius 3 is 2.55 bits per heavy atom. The predicted molar refractivity (Wildman–Crippen MR) is 95.6 cm³/mol. The highest BCUT2D eigenvalue weighted by Gasteiger charge is 2.51. The van der Waals surface area contributed by atoms with E-state index in [1.807, 2.05) is 0 Å². The van der Waals surface area contributed by atoms with E-state index in [4.69, 9.17) is 10.00 Å². The van der Waals surface area contributed by atoms with Crippen LogP contribution in [0.5, 0.6) is 5.75 Å². The third-order valence-corrected chi connectivity index (χ3v) is 6.43. The van der Waals surface area contributed by atoms with Crippen LogP contribution in [0.2, 0.25) is 0 Å². The van der Waals surface area contributed by atoms with Gasteiger partial charge in [0.2, 0.25) is 0 Å². The van der Waals surface area contributed by atoms with E-state index < -0.39 is 64.0 Å². The van der Waals surface area contributed by atoms with E-state index in [1.165, 1.54) is 6.07 Å². The van der Waals surface area contributed by atoms with Gasteiger partial charge in [-0.2, -0.15) is 22.7 Å². The summed E-state index contributed by atoms with van der Waals surface area (Å²) in [5, 5.41) is 28.3. The Hall–Kier alpha value is -2.79. The zero-order valence-corrected chi connectivity index (χ0v) is 16.4. The van der Waals surface area contributed by atoms with Crippen LogP contribution in [0.25, 0.3) is 0 Å². The summed E-state index contributed by atoms with van der Waals surface area (Å²) in [5.41, 5.74) is -3.47. The number of nitriles is 1. The number of aliphatic hydroxyl groups is 2. The van der Waals surface area contributed by atoms with E-state index in [-0.39, 0.29) is 11.3 Å². The van der Waals surface area contributed by atoms with Gasteiger partial charge in [0.25, 0.3) is 10.0 Å². The molecular weight excluding hydrogens is 446 g/mol. The summed E-state index contributed by atoms with van der Waals surface area (Å²) in [6.45, 7) is -2.05. The molecule has 1 fully saturated rings. The Morgan fingerprint density at radius 1 is 1.32 bits per heavy atom. The third-order valence-electron chi connectivity index (χ3n) is 4.70. The van der Waals surface area contributed by atoms with E-state index >= 15 is 0 Å². The lowest BCUT2D eigenvalue weighted by molar-refractivity contribution is -0.137.